The SMILES string of the molecule is CN1CCc2ccccc2-c2cc(O)c(O)cc2C1. The molecule has 1 aliphatic rings. The van der Waals surface area contributed by atoms with Gasteiger partial charge < -0.3 is 15.1 Å². The van der Waals surface area contributed by atoms with E-state index < -0.39 is 0 Å². The summed E-state index contributed by atoms with van der Waals surface area (Å²) in [7, 11) is 2.07. The summed E-state index contributed by atoms with van der Waals surface area (Å²) in [5.74, 6) is -0.109. The minimum atomic E-state index is -0.0585. The fourth-order valence-corrected chi connectivity index (χ4v) is 2.68. The lowest BCUT2D eigenvalue weighted by molar-refractivity contribution is 0.328. The molecular formula is C16H17NO2. The Hall–Kier alpha value is -2.00. The van der Waals surface area contributed by atoms with Crippen LogP contribution >= 0.6 is 0 Å². The number of benzene rings is 2. The molecule has 2 aromatic rings. The minimum Gasteiger partial charge on any atom is -0.504 e. The van der Waals surface area contributed by atoms with Gasteiger partial charge in [-0.05, 0) is 47.9 Å². The zero-order valence-electron chi connectivity index (χ0n) is 10.9. The number of phenolic OH excluding ortho intramolecular Hbond substituents is 2. The van der Waals surface area contributed by atoms with Gasteiger partial charge in [0.15, 0.2) is 11.5 Å². The van der Waals surface area contributed by atoms with Gasteiger partial charge in [-0.3, -0.25) is 0 Å². The van der Waals surface area contributed by atoms with E-state index in [1.54, 1.807) is 12.1 Å². The average molecular weight is 255 g/mol. The van der Waals surface area contributed by atoms with Gasteiger partial charge in [0, 0.05) is 13.1 Å². The lowest BCUT2D eigenvalue weighted by Crippen LogP contribution is -2.23. The molecule has 98 valence electrons. The first-order valence-corrected chi connectivity index (χ1v) is 6.47. The van der Waals surface area contributed by atoms with Gasteiger partial charge in [0.1, 0.15) is 0 Å². The zero-order chi connectivity index (χ0) is 13.4. The van der Waals surface area contributed by atoms with Gasteiger partial charge in [-0.25, -0.2) is 0 Å². The largest absolute Gasteiger partial charge is 0.504 e. The molecule has 0 amide bonds. The molecule has 0 atom stereocenters. The highest BCUT2D eigenvalue weighted by atomic mass is 16.3. The summed E-state index contributed by atoms with van der Waals surface area (Å²) in [6.07, 6.45) is 0.994. The van der Waals surface area contributed by atoms with E-state index in [1.165, 1.54) is 5.56 Å². The van der Waals surface area contributed by atoms with Crippen LogP contribution in [0.1, 0.15) is 11.1 Å². The van der Waals surface area contributed by atoms with Gasteiger partial charge in [0.2, 0.25) is 0 Å². The molecule has 2 aromatic carbocycles. The first kappa shape index (κ1) is 12.1. The Labute approximate surface area is 112 Å². The Morgan fingerprint density at radius 1 is 0.947 bits per heavy atom. The molecule has 2 N–H and O–H groups in total. The summed E-state index contributed by atoms with van der Waals surface area (Å²) in [6.45, 7) is 1.76. The number of fused-ring (bicyclic) bond motifs is 3. The van der Waals surface area contributed by atoms with Crippen LogP contribution < -0.4 is 0 Å². The molecule has 3 nitrogen and oxygen atoms in total. The number of nitrogens with zero attached hydrogens (tertiary/aromatic N) is 1. The molecule has 0 fully saturated rings. The standard InChI is InChI=1S/C16H17NO2/c1-17-7-6-11-4-2-3-5-13(11)14-9-16(19)15(18)8-12(14)10-17/h2-5,8-9,18-19H,6-7,10H2,1H3. The van der Waals surface area contributed by atoms with Crippen LogP contribution in [-0.2, 0) is 13.0 Å². The molecule has 0 saturated carbocycles. The summed E-state index contributed by atoms with van der Waals surface area (Å²) in [5.41, 5.74) is 4.49. The van der Waals surface area contributed by atoms with E-state index in [1.807, 2.05) is 12.1 Å². The highest BCUT2D eigenvalue weighted by Crippen LogP contribution is 2.37. The van der Waals surface area contributed by atoms with E-state index in [2.05, 4.69) is 24.1 Å². The predicted molar refractivity (Wildman–Crippen MR) is 75.2 cm³/mol. The van der Waals surface area contributed by atoms with Crippen molar-refractivity contribution >= 4 is 0 Å². The predicted octanol–water partition coefficient (Wildman–Crippen LogP) is 2.75. The number of hydrogen-bond donors (Lipinski definition) is 2. The lowest BCUT2D eigenvalue weighted by Gasteiger charge is -2.24. The average Bonchev–Trinajstić information content (AvgIpc) is 2.39. The summed E-state index contributed by atoms with van der Waals surface area (Å²) in [5, 5.41) is 19.5. The molecule has 3 rings (SSSR count). The van der Waals surface area contributed by atoms with Crippen molar-refractivity contribution in [2.45, 2.75) is 13.0 Å². The van der Waals surface area contributed by atoms with Crippen molar-refractivity contribution in [3.05, 3.63) is 47.5 Å². The van der Waals surface area contributed by atoms with Crippen LogP contribution in [0.25, 0.3) is 11.1 Å². The van der Waals surface area contributed by atoms with Crippen LogP contribution in [0, 0.1) is 0 Å². The number of phenols is 2. The molecule has 0 radical (unpaired) electrons. The topological polar surface area (TPSA) is 43.7 Å². The second-order valence-electron chi connectivity index (χ2n) is 5.14. The van der Waals surface area contributed by atoms with Crippen LogP contribution in [0.5, 0.6) is 11.5 Å². The number of aromatic hydroxyl groups is 2. The molecule has 0 unspecified atom stereocenters. The smallest absolute Gasteiger partial charge is 0.158 e. The summed E-state index contributed by atoms with van der Waals surface area (Å²) in [4.78, 5) is 2.23. The van der Waals surface area contributed by atoms with E-state index in [-0.39, 0.29) is 11.5 Å². The van der Waals surface area contributed by atoms with E-state index >= 15 is 0 Å². The maximum Gasteiger partial charge on any atom is 0.158 e. The molecule has 1 heterocycles. The van der Waals surface area contributed by atoms with Crippen LogP contribution in [0.15, 0.2) is 36.4 Å². The van der Waals surface area contributed by atoms with Gasteiger partial charge in [0.05, 0.1) is 0 Å². The molecule has 1 aliphatic heterocycles. The minimum absolute atomic E-state index is 0.0507. The monoisotopic (exact) mass is 255 g/mol. The molecule has 0 aliphatic carbocycles. The highest BCUT2D eigenvalue weighted by Gasteiger charge is 2.17. The Balaban J connectivity index is 2.25. The zero-order valence-corrected chi connectivity index (χ0v) is 10.9. The van der Waals surface area contributed by atoms with Crippen molar-refractivity contribution in [3.63, 3.8) is 0 Å². The maximum atomic E-state index is 9.77. The van der Waals surface area contributed by atoms with Gasteiger partial charge in [-0.1, -0.05) is 24.3 Å². The van der Waals surface area contributed by atoms with Crippen molar-refractivity contribution in [2.75, 3.05) is 13.6 Å². The van der Waals surface area contributed by atoms with E-state index in [4.69, 9.17) is 0 Å². The second-order valence-corrected chi connectivity index (χ2v) is 5.14. The molecule has 0 saturated heterocycles. The van der Waals surface area contributed by atoms with Crippen LogP contribution in [0.3, 0.4) is 0 Å². The van der Waals surface area contributed by atoms with Crippen LogP contribution in [0.2, 0.25) is 0 Å². The number of hydrogen-bond acceptors (Lipinski definition) is 3. The van der Waals surface area contributed by atoms with Crippen LogP contribution in [-0.4, -0.2) is 28.7 Å². The molecule has 0 spiro atoms. The van der Waals surface area contributed by atoms with Crippen molar-refractivity contribution < 1.29 is 10.2 Å². The van der Waals surface area contributed by atoms with E-state index in [0.29, 0.717) is 0 Å². The van der Waals surface area contributed by atoms with E-state index in [0.717, 1.165) is 36.2 Å². The second kappa shape index (κ2) is 4.59. The fourth-order valence-electron chi connectivity index (χ4n) is 2.68. The van der Waals surface area contributed by atoms with Crippen molar-refractivity contribution in [3.8, 4) is 22.6 Å². The lowest BCUT2D eigenvalue weighted by atomic mass is 9.91. The molecule has 19 heavy (non-hydrogen) atoms. The normalized spacial score (nSPS) is 15.2. The van der Waals surface area contributed by atoms with Gasteiger partial charge in [-0.2, -0.15) is 0 Å². The van der Waals surface area contributed by atoms with E-state index in [9.17, 15) is 10.2 Å². The third kappa shape index (κ3) is 2.17. The third-order valence-electron chi connectivity index (χ3n) is 3.71. The molecular weight excluding hydrogens is 238 g/mol. The third-order valence-corrected chi connectivity index (χ3v) is 3.71. The number of likely N-dealkylation sites (N-methyl/N-ethyl adjacent to an activating group) is 1. The summed E-state index contributed by atoms with van der Waals surface area (Å²) in [6, 6.07) is 11.6. The Kier molecular flexibility index (Phi) is 2.91. The molecule has 0 aromatic heterocycles. The number of rotatable bonds is 0. The van der Waals surface area contributed by atoms with Gasteiger partial charge >= 0.3 is 0 Å². The summed E-state index contributed by atoms with van der Waals surface area (Å²) >= 11 is 0. The van der Waals surface area contributed by atoms with Gasteiger partial charge in [-0.15, -0.1) is 0 Å². The van der Waals surface area contributed by atoms with Crippen molar-refractivity contribution in [1.82, 2.24) is 4.90 Å². The summed E-state index contributed by atoms with van der Waals surface area (Å²) < 4.78 is 0. The van der Waals surface area contributed by atoms with Crippen molar-refractivity contribution in [2.24, 2.45) is 0 Å². The maximum absolute atomic E-state index is 9.77. The van der Waals surface area contributed by atoms with Crippen molar-refractivity contribution in [1.29, 1.82) is 0 Å². The first-order chi connectivity index (χ1) is 9.15. The Morgan fingerprint density at radius 2 is 1.68 bits per heavy atom. The quantitative estimate of drug-likeness (QED) is 0.711. The Bertz CT molecular complexity index is 622. The highest BCUT2D eigenvalue weighted by molar-refractivity contribution is 5.74. The van der Waals surface area contributed by atoms with Crippen LogP contribution in [0.4, 0.5) is 0 Å². The Morgan fingerprint density at radius 3 is 2.53 bits per heavy atom. The molecule has 3 heteroatoms. The first-order valence-electron chi connectivity index (χ1n) is 6.47. The fraction of sp³-hybridized carbons (Fsp3) is 0.250. The molecule has 0 bridgehead atoms. The van der Waals surface area contributed by atoms with Gasteiger partial charge in [0.25, 0.3) is 0 Å².